The number of carbonyl (C=O) groups excluding carboxylic acids is 1. The van der Waals surface area contributed by atoms with Crippen molar-refractivity contribution in [2.75, 3.05) is 16.9 Å². The lowest BCUT2D eigenvalue weighted by atomic mass is 10.0. The molecule has 0 atom stereocenters. The number of fused-ring (bicyclic) bond motifs is 2. The van der Waals surface area contributed by atoms with Gasteiger partial charge in [0.1, 0.15) is 17.9 Å². The first-order valence-corrected chi connectivity index (χ1v) is 10.3. The molecule has 6 nitrogen and oxygen atoms in total. The fourth-order valence-corrected chi connectivity index (χ4v) is 5.06. The van der Waals surface area contributed by atoms with Crippen LogP contribution in [-0.2, 0) is 11.5 Å². The molecule has 3 heterocycles. The van der Waals surface area contributed by atoms with Gasteiger partial charge in [0, 0.05) is 11.3 Å². The number of carbonyl (C=O) groups is 1. The van der Waals surface area contributed by atoms with Gasteiger partial charge in [-0.25, -0.2) is 4.99 Å². The van der Waals surface area contributed by atoms with E-state index in [-0.39, 0.29) is 11.5 Å². The van der Waals surface area contributed by atoms with E-state index in [1.54, 1.807) is 4.57 Å². The number of thiazole rings is 1. The molecule has 7 heteroatoms. The summed E-state index contributed by atoms with van der Waals surface area (Å²) in [5.41, 5.74) is 6.15. The Hall–Kier alpha value is -3.19. The number of hydrogen-bond donors (Lipinski definition) is 1. The van der Waals surface area contributed by atoms with E-state index in [2.05, 4.69) is 21.3 Å². The van der Waals surface area contributed by atoms with Gasteiger partial charge in [0.05, 0.1) is 11.3 Å². The number of anilines is 2. The molecule has 2 aliphatic heterocycles. The summed E-state index contributed by atoms with van der Waals surface area (Å²) < 4.78 is 2.11. The van der Waals surface area contributed by atoms with Crippen molar-refractivity contribution in [2.45, 2.75) is 27.4 Å². The maximum absolute atomic E-state index is 13.3. The van der Waals surface area contributed by atoms with E-state index in [1.165, 1.54) is 11.3 Å². The quantitative estimate of drug-likeness (QED) is 0.675. The Kier molecular flexibility index (Phi) is 3.96. The molecular weight excluding hydrogens is 384 g/mol. The van der Waals surface area contributed by atoms with Gasteiger partial charge in [-0.05, 0) is 50.1 Å². The van der Waals surface area contributed by atoms with E-state index >= 15 is 0 Å². The van der Waals surface area contributed by atoms with Crippen molar-refractivity contribution in [3.8, 4) is 0 Å². The van der Waals surface area contributed by atoms with Gasteiger partial charge in [-0.3, -0.25) is 14.2 Å². The van der Waals surface area contributed by atoms with Crippen LogP contribution in [0.3, 0.4) is 0 Å². The van der Waals surface area contributed by atoms with Gasteiger partial charge in [-0.15, -0.1) is 0 Å². The molecule has 1 N–H and O–H groups in total. The SMILES string of the molecule is Cc1cccc(N2CN=c3sc(=C4C(=O)Nc5c(C)cc(C)cc54)c(=O)n3C2)c1. The number of hydrogen-bond acceptors (Lipinski definition) is 5. The number of amides is 1. The Morgan fingerprint density at radius 3 is 2.69 bits per heavy atom. The second-order valence-corrected chi connectivity index (χ2v) is 8.58. The molecule has 0 unspecified atom stereocenters. The van der Waals surface area contributed by atoms with Crippen molar-refractivity contribution < 1.29 is 4.79 Å². The van der Waals surface area contributed by atoms with E-state index in [4.69, 9.17) is 0 Å². The van der Waals surface area contributed by atoms with Crippen molar-refractivity contribution in [1.82, 2.24) is 4.57 Å². The molecule has 5 rings (SSSR count). The van der Waals surface area contributed by atoms with E-state index in [0.29, 0.717) is 28.2 Å². The number of aryl methyl sites for hydroxylation is 3. The summed E-state index contributed by atoms with van der Waals surface area (Å²) in [4.78, 5) is 33.3. The number of benzene rings is 2. The predicted molar refractivity (Wildman–Crippen MR) is 115 cm³/mol. The van der Waals surface area contributed by atoms with Crippen molar-refractivity contribution in [2.24, 2.45) is 4.99 Å². The van der Waals surface area contributed by atoms with Crippen LogP contribution in [0.25, 0.3) is 5.57 Å². The lowest BCUT2D eigenvalue weighted by molar-refractivity contribution is -0.110. The second kappa shape index (κ2) is 6.42. The minimum atomic E-state index is -0.222. The first-order valence-electron chi connectivity index (χ1n) is 9.45. The zero-order valence-corrected chi connectivity index (χ0v) is 17.3. The highest BCUT2D eigenvalue weighted by atomic mass is 32.1. The van der Waals surface area contributed by atoms with Crippen LogP contribution in [0.15, 0.2) is 46.2 Å². The molecule has 2 aliphatic rings. The number of aromatic nitrogens is 1. The van der Waals surface area contributed by atoms with E-state index in [9.17, 15) is 9.59 Å². The third-order valence-electron chi connectivity index (χ3n) is 5.36. The number of nitrogens with zero attached hydrogens (tertiary/aromatic N) is 3. The average molecular weight is 404 g/mol. The summed E-state index contributed by atoms with van der Waals surface area (Å²) >= 11 is 1.30. The Morgan fingerprint density at radius 2 is 1.90 bits per heavy atom. The molecule has 1 amide bonds. The average Bonchev–Trinajstić information content (AvgIpc) is 3.18. The lowest BCUT2D eigenvalue weighted by Gasteiger charge is -2.25. The standard InChI is InChI=1S/C22H20N4O2S/c1-12-5-4-6-15(8-12)25-10-23-22-26(11-25)21(28)19(29-22)17-16-9-13(2)7-14(3)18(16)24-20(17)27/h4-9H,10-11H2,1-3H3,(H,24,27). The van der Waals surface area contributed by atoms with Crippen LogP contribution >= 0.6 is 11.3 Å². The predicted octanol–water partition coefficient (Wildman–Crippen LogP) is 2.04. The van der Waals surface area contributed by atoms with Crippen LogP contribution in [0.1, 0.15) is 22.3 Å². The Morgan fingerprint density at radius 1 is 1.07 bits per heavy atom. The molecule has 1 aromatic heterocycles. The Bertz CT molecular complexity index is 1370. The van der Waals surface area contributed by atoms with Crippen molar-refractivity contribution in [1.29, 1.82) is 0 Å². The van der Waals surface area contributed by atoms with Crippen LogP contribution in [0, 0.1) is 20.8 Å². The summed E-state index contributed by atoms with van der Waals surface area (Å²) in [6.45, 7) is 6.92. The van der Waals surface area contributed by atoms with Crippen LogP contribution < -0.4 is 25.1 Å². The molecule has 0 bridgehead atoms. The summed E-state index contributed by atoms with van der Waals surface area (Å²) in [6.07, 6.45) is 0. The molecule has 2 aromatic carbocycles. The molecular formula is C22H20N4O2S. The van der Waals surface area contributed by atoms with Gasteiger partial charge in [-0.2, -0.15) is 0 Å². The molecule has 0 saturated carbocycles. The molecule has 0 radical (unpaired) electrons. The highest BCUT2D eigenvalue weighted by molar-refractivity contribution is 7.07. The number of rotatable bonds is 1. The fraction of sp³-hybridized carbons (Fsp3) is 0.227. The molecule has 0 aliphatic carbocycles. The van der Waals surface area contributed by atoms with Gasteiger partial charge in [0.25, 0.3) is 11.5 Å². The highest BCUT2D eigenvalue weighted by Gasteiger charge is 2.29. The Labute approximate surface area is 171 Å². The van der Waals surface area contributed by atoms with Crippen molar-refractivity contribution in [3.63, 3.8) is 0 Å². The molecule has 0 saturated heterocycles. The molecule has 146 valence electrons. The van der Waals surface area contributed by atoms with Crippen LogP contribution in [0.2, 0.25) is 0 Å². The zero-order chi connectivity index (χ0) is 20.3. The zero-order valence-electron chi connectivity index (χ0n) is 16.4. The highest BCUT2D eigenvalue weighted by Crippen LogP contribution is 2.33. The summed E-state index contributed by atoms with van der Waals surface area (Å²) in [6, 6.07) is 12.1. The third-order valence-corrected chi connectivity index (χ3v) is 6.48. The van der Waals surface area contributed by atoms with E-state index in [0.717, 1.165) is 33.6 Å². The minimum absolute atomic E-state index is 0.164. The van der Waals surface area contributed by atoms with Gasteiger partial charge in [-0.1, -0.05) is 35.1 Å². The van der Waals surface area contributed by atoms with Gasteiger partial charge >= 0.3 is 0 Å². The Balaban J connectivity index is 1.67. The maximum atomic E-state index is 13.3. The normalized spacial score (nSPS) is 16.9. The summed E-state index contributed by atoms with van der Waals surface area (Å²) in [7, 11) is 0. The summed E-state index contributed by atoms with van der Waals surface area (Å²) in [5, 5.41) is 2.93. The van der Waals surface area contributed by atoms with Crippen molar-refractivity contribution in [3.05, 3.63) is 78.3 Å². The van der Waals surface area contributed by atoms with E-state index in [1.807, 2.05) is 51.1 Å². The monoisotopic (exact) mass is 404 g/mol. The first-order chi connectivity index (χ1) is 13.9. The lowest BCUT2D eigenvalue weighted by Crippen LogP contribution is -2.43. The minimum Gasteiger partial charge on any atom is -0.334 e. The first kappa shape index (κ1) is 17.9. The molecule has 29 heavy (non-hydrogen) atoms. The van der Waals surface area contributed by atoms with Crippen LogP contribution in [0.5, 0.6) is 0 Å². The van der Waals surface area contributed by atoms with Crippen LogP contribution in [0.4, 0.5) is 11.4 Å². The fourth-order valence-electron chi connectivity index (χ4n) is 4.00. The maximum Gasteiger partial charge on any atom is 0.272 e. The topological polar surface area (TPSA) is 66.7 Å². The van der Waals surface area contributed by atoms with Gasteiger partial charge < -0.3 is 10.2 Å². The molecule has 3 aromatic rings. The smallest absolute Gasteiger partial charge is 0.272 e. The van der Waals surface area contributed by atoms with Crippen LogP contribution in [-0.4, -0.2) is 17.1 Å². The molecule has 0 fully saturated rings. The number of nitrogens with one attached hydrogen (secondary N) is 1. The molecule has 0 spiro atoms. The second-order valence-electron chi connectivity index (χ2n) is 7.60. The third kappa shape index (κ3) is 2.81. The summed E-state index contributed by atoms with van der Waals surface area (Å²) in [5.74, 6) is -0.222. The van der Waals surface area contributed by atoms with E-state index < -0.39 is 0 Å². The van der Waals surface area contributed by atoms with Gasteiger partial charge in [0.15, 0.2) is 4.80 Å². The van der Waals surface area contributed by atoms with Gasteiger partial charge in [0.2, 0.25) is 0 Å². The largest absolute Gasteiger partial charge is 0.334 e. The van der Waals surface area contributed by atoms with Crippen molar-refractivity contribution >= 4 is 34.2 Å².